The molecule has 0 amide bonds. The third-order valence-electron chi connectivity index (χ3n) is 4.62. The average molecular weight is 438 g/mol. The van der Waals surface area contributed by atoms with Crippen molar-refractivity contribution >= 4 is 23.3 Å². The highest BCUT2D eigenvalue weighted by molar-refractivity contribution is 6.32. The van der Waals surface area contributed by atoms with Crippen molar-refractivity contribution in [3.8, 4) is 16.9 Å². The minimum absolute atomic E-state index is 0.0861. The fraction of sp³-hybridized carbons (Fsp3) is 0.200. The number of benzene rings is 3. The Morgan fingerprint density at radius 2 is 1.68 bits per heavy atom. The lowest BCUT2D eigenvalue weighted by Gasteiger charge is -2.10. The second-order valence-electron chi connectivity index (χ2n) is 6.85. The average Bonchev–Trinajstić information content (AvgIpc) is 2.78. The molecule has 3 aromatic rings. The van der Waals surface area contributed by atoms with Gasteiger partial charge in [-0.1, -0.05) is 84.3 Å². The summed E-state index contributed by atoms with van der Waals surface area (Å²) in [6.07, 6.45) is 0.645. The molecule has 0 aliphatic rings. The summed E-state index contributed by atoms with van der Waals surface area (Å²) in [5.74, 6) is -0.477. The van der Waals surface area contributed by atoms with Crippen LogP contribution in [0.2, 0.25) is 5.02 Å². The minimum Gasteiger partial charge on any atom is -0.488 e. The van der Waals surface area contributed by atoms with Gasteiger partial charge in [-0.05, 0) is 40.8 Å². The van der Waals surface area contributed by atoms with Crippen molar-refractivity contribution in [2.75, 3.05) is 13.2 Å². The Bertz CT molecular complexity index is 1030. The molecule has 160 valence electrons. The van der Waals surface area contributed by atoms with E-state index in [0.29, 0.717) is 16.3 Å². The monoisotopic (exact) mass is 437 g/mol. The first-order valence-electron chi connectivity index (χ1n) is 10.0. The standard InChI is InChI=1S/C25H24ClNO4/c1-2-23(21-11-9-20(10-12-21)19-6-4-3-5-7-19)27-31-15-14-30-24-16-18(17-25(28)29)8-13-22(24)26/h3-13,16H,2,14-15,17H2,1H3,(H,28,29). The predicted molar refractivity (Wildman–Crippen MR) is 123 cm³/mol. The zero-order chi connectivity index (χ0) is 22.1. The molecule has 0 saturated heterocycles. The largest absolute Gasteiger partial charge is 0.488 e. The first-order chi connectivity index (χ1) is 15.1. The van der Waals surface area contributed by atoms with Crippen LogP contribution in [-0.4, -0.2) is 30.0 Å². The van der Waals surface area contributed by atoms with E-state index in [1.54, 1.807) is 18.2 Å². The molecule has 6 heteroatoms. The summed E-state index contributed by atoms with van der Waals surface area (Å²) in [7, 11) is 0. The molecule has 0 aromatic heterocycles. The van der Waals surface area contributed by atoms with Gasteiger partial charge in [-0.3, -0.25) is 4.79 Å². The predicted octanol–water partition coefficient (Wildman–Crippen LogP) is 5.84. The highest BCUT2D eigenvalue weighted by atomic mass is 35.5. The van der Waals surface area contributed by atoms with Crippen LogP contribution in [0.1, 0.15) is 24.5 Å². The minimum atomic E-state index is -0.908. The molecule has 1 N–H and O–H groups in total. The van der Waals surface area contributed by atoms with Crippen LogP contribution in [0.25, 0.3) is 11.1 Å². The normalized spacial score (nSPS) is 11.2. The van der Waals surface area contributed by atoms with Gasteiger partial charge in [-0.25, -0.2) is 0 Å². The number of carboxylic acids is 1. The molecule has 0 spiro atoms. The maximum absolute atomic E-state index is 10.9. The molecule has 3 aromatic carbocycles. The van der Waals surface area contributed by atoms with E-state index in [1.165, 1.54) is 5.56 Å². The number of halogens is 1. The zero-order valence-corrected chi connectivity index (χ0v) is 18.0. The number of carbonyl (C=O) groups is 1. The second kappa shape index (κ2) is 11.2. The van der Waals surface area contributed by atoms with Gasteiger partial charge in [-0.15, -0.1) is 0 Å². The van der Waals surface area contributed by atoms with Crippen LogP contribution < -0.4 is 4.74 Å². The number of nitrogens with zero attached hydrogens (tertiary/aromatic N) is 1. The Balaban J connectivity index is 1.54. The molecule has 0 atom stereocenters. The summed E-state index contributed by atoms with van der Waals surface area (Å²) in [6.45, 7) is 2.51. The Morgan fingerprint density at radius 3 is 2.35 bits per heavy atom. The third kappa shape index (κ3) is 6.59. The molecule has 0 aliphatic heterocycles. The van der Waals surface area contributed by atoms with Crippen LogP contribution in [0.4, 0.5) is 0 Å². The van der Waals surface area contributed by atoms with Gasteiger partial charge in [0.15, 0.2) is 6.61 Å². The van der Waals surface area contributed by atoms with E-state index in [-0.39, 0.29) is 19.6 Å². The molecular weight excluding hydrogens is 414 g/mol. The molecular formula is C25H24ClNO4. The summed E-state index contributed by atoms with van der Waals surface area (Å²) in [6, 6.07) is 23.4. The van der Waals surface area contributed by atoms with Gasteiger partial charge in [0.1, 0.15) is 12.4 Å². The molecule has 5 nitrogen and oxygen atoms in total. The lowest BCUT2D eigenvalue weighted by molar-refractivity contribution is -0.136. The van der Waals surface area contributed by atoms with E-state index in [0.717, 1.165) is 23.3 Å². The molecule has 31 heavy (non-hydrogen) atoms. The second-order valence-corrected chi connectivity index (χ2v) is 7.26. The van der Waals surface area contributed by atoms with E-state index >= 15 is 0 Å². The lowest BCUT2D eigenvalue weighted by Crippen LogP contribution is -2.07. The van der Waals surface area contributed by atoms with E-state index in [2.05, 4.69) is 29.4 Å². The van der Waals surface area contributed by atoms with Gasteiger partial charge in [0, 0.05) is 0 Å². The van der Waals surface area contributed by atoms with Crippen LogP contribution in [0.5, 0.6) is 5.75 Å². The van der Waals surface area contributed by atoms with Gasteiger partial charge < -0.3 is 14.7 Å². The van der Waals surface area contributed by atoms with Crippen molar-refractivity contribution in [3.05, 3.63) is 88.9 Å². The van der Waals surface area contributed by atoms with Gasteiger partial charge in [0.05, 0.1) is 17.2 Å². The molecule has 0 bridgehead atoms. The molecule has 3 rings (SSSR count). The van der Waals surface area contributed by atoms with Gasteiger partial charge in [0.25, 0.3) is 0 Å². The summed E-state index contributed by atoms with van der Waals surface area (Å²) in [5.41, 5.74) is 4.80. The summed E-state index contributed by atoms with van der Waals surface area (Å²) >= 11 is 6.11. The number of oxime groups is 1. The molecule has 0 heterocycles. The number of carboxylic acid groups (broad SMARTS) is 1. The van der Waals surface area contributed by atoms with Crippen molar-refractivity contribution in [3.63, 3.8) is 0 Å². The fourth-order valence-electron chi connectivity index (χ4n) is 3.06. The summed E-state index contributed by atoms with van der Waals surface area (Å²) < 4.78 is 5.63. The number of aliphatic carboxylic acids is 1. The summed E-state index contributed by atoms with van der Waals surface area (Å²) in [4.78, 5) is 16.3. The van der Waals surface area contributed by atoms with Crippen molar-refractivity contribution < 1.29 is 19.5 Å². The van der Waals surface area contributed by atoms with Crippen LogP contribution in [0, 0.1) is 0 Å². The molecule has 0 radical (unpaired) electrons. The van der Waals surface area contributed by atoms with Crippen molar-refractivity contribution in [1.29, 1.82) is 0 Å². The van der Waals surface area contributed by atoms with E-state index in [9.17, 15) is 4.79 Å². The first kappa shape index (κ1) is 22.4. The zero-order valence-electron chi connectivity index (χ0n) is 17.3. The number of hydrogen-bond acceptors (Lipinski definition) is 4. The number of rotatable bonds is 10. The molecule has 0 fully saturated rings. The van der Waals surface area contributed by atoms with Crippen LogP contribution >= 0.6 is 11.6 Å². The Labute approximate surface area is 186 Å². The van der Waals surface area contributed by atoms with Crippen molar-refractivity contribution in [2.24, 2.45) is 5.16 Å². The van der Waals surface area contributed by atoms with E-state index in [4.69, 9.17) is 26.3 Å². The Morgan fingerprint density at radius 1 is 0.968 bits per heavy atom. The lowest BCUT2D eigenvalue weighted by atomic mass is 10.0. The maximum Gasteiger partial charge on any atom is 0.307 e. The number of ether oxygens (including phenoxy) is 1. The quantitative estimate of drug-likeness (QED) is 0.245. The van der Waals surface area contributed by atoms with Crippen LogP contribution in [0.3, 0.4) is 0 Å². The Hall–Kier alpha value is -3.31. The van der Waals surface area contributed by atoms with Gasteiger partial charge in [-0.2, -0.15) is 0 Å². The SMILES string of the molecule is CCC(=NOCCOc1cc(CC(=O)O)ccc1Cl)c1ccc(-c2ccccc2)cc1. The highest BCUT2D eigenvalue weighted by Gasteiger charge is 2.07. The number of hydrogen-bond donors (Lipinski definition) is 1. The van der Waals surface area contributed by atoms with Crippen molar-refractivity contribution in [2.45, 2.75) is 19.8 Å². The van der Waals surface area contributed by atoms with Gasteiger partial charge >= 0.3 is 5.97 Å². The maximum atomic E-state index is 10.9. The van der Waals surface area contributed by atoms with E-state index in [1.807, 2.05) is 37.3 Å². The molecule has 0 unspecified atom stereocenters. The van der Waals surface area contributed by atoms with Gasteiger partial charge in [0.2, 0.25) is 0 Å². The molecule has 0 saturated carbocycles. The van der Waals surface area contributed by atoms with Crippen LogP contribution in [-0.2, 0) is 16.1 Å². The van der Waals surface area contributed by atoms with E-state index < -0.39 is 5.97 Å². The van der Waals surface area contributed by atoms with Crippen molar-refractivity contribution in [1.82, 2.24) is 0 Å². The highest BCUT2D eigenvalue weighted by Crippen LogP contribution is 2.26. The molecule has 0 aliphatic carbocycles. The smallest absolute Gasteiger partial charge is 0.307 e. The first-order valence-corrected chi connectivity index (χ1v) is 10.4. The van der Waals surface area contributed by atoms with Crippen LogP contribution in [0.15, 0.2) is 78.0 Å². The Kier molecular flexibility index (Phi) is 8.07. The fourth-order valence-corrected chi connectivity index (χ4v) is 3.23. The summed E-state index contributed by atoms with van der Waals surface area (Å²) in [5, 5.41) is 13.6. The topological polar surface area (TPSA) is 68.1 Å². The third-order valence-corrected chi connectivity index (χ3v) is 4.93.